The predicted molar refractivity (Wildman–Crippen MR) is 64.6 cm³/mol. The summed E-state index contributed by atoms with van der Waals surface area (Å²) in [7, 11) is 0. The van der Waals surface area contributed by atoms with Crippen LogP contribution in [0.3, 0.4) is 0 Å². The Morgan fingerprint density at radius 1 is 1.35 bits per heavy atom. The van der Waals surface area contributed by atoms with E-state index in [1.807, 2.05) is 25.7 Å². The second-order valence-electron chi connectivity index (χ2n) is 6.21. The zero-order chi connectivity index (χ0) is 12.6. The number of rotatable bonds is 1. The Balaban J connectivity index is 1.97. The number of carbonyl (C=O) groups excluding carboxylic acids is 1. The first-order valence-corrected chi connectivity index (χ1v) is 6.53. The van der Waals surface area contributed by atoms with Crippen molar-refractivity contribution < 1.29 is 14.6 Å². The lowest BCUT2D eigenvalue weighted by Crippen LogP contribution is -2.58. The van der Waals surface area contributed by atoms with Gasteiger partial charge in [-0.05, 0) is 51.9 Å². The Morgan fingerprint density at radius 2 is 2.06 bits per heavy atom. The molecule has 98 valence electrons. The van der Waals surface area contributed by atoms with Gasteiger partial charge in [-0.15, -0.1) is 0 Å². The van der Waals surface area contributed by atoms with Crippen molar-refractivity contribution in [3.05, 3.63) is 0 Å². The summed E-state index contributed by atoms with van der Waals surface area (Å²) in [5.41, 5.74) is -0.426. The monoisotopic (exact) mass is 241 g/mol. The molecule has 1 aliphatic carbocycles. The Morgan fingerprint density at radius 3 is 2.53 bits per heavy atom. The lowest BCUT2D eigenvalue weighted by atomic mass is 9.67. The number of hydrogen-bond acceptors (Lipinski definition) is 3. The number of piperidine rings is 1. The van der Waals surface area contributed by atoms with Crippen molar-refractivity contribution in [2.75, 3.05) is 13.2 Å². The standard InChI is InChI=1S/C13H23NO3/c1-13(2,3)17-12(16)14-7-6-9(8-15)10-4-5-11(10)14/h9-11,15H,4-8H2,1-3H3. The summed E-state index contributed by atoms with van der Waals surface area (Å²) < 4.78 is 5.42. The third-order valence-electron chi connectivity index (χ3n) is 3.90. The predicted octanol–water partition coefficient (Wildman–Crippen LogP) is 2.01. The van der Waals surface area contributed by atoms with Crippen molar-refractivity contribution in [2.45, 2.75) is 51.7 Å². The molecule has 0 aromatic carbocycles. The number of hydrogen-bond donors (Lipinski definition) is 1. The summed E-state index contributed by atoms with van der Waals surface area (Å²) in [6.07, 6.45) is 2.90. The van der Waals surface area contributed by atoms with Crippen molar-refractivity contribution in [1.29, 1.82) is 0 Å². The topological polar surface area (TPSA) is 49.8 Å². The van der Waals surface area contributed by atoms with Gasteiger partial charge in [0, 0.05) is 19.2 Å². The smallest absolute Gasteiger partial charge is 0.410 e. The van der Waals surface area contributed by atoms with Crippen LogP contribution in [0, 0.1) is 11.8 Å². The SMILES string of the molecule is CC(C)(C)OC(=O)N1CCC(CO)C2CCC21. The van der Waals surface area contributed by atoms with Crippen molar-refractivity contribution in [1.82, 2.24) is 4.90 Å². The van der Waals surface area contributed by atoms with Crippen LogP contribution in [0.4, 0.5) is 4.79 Å². The molecule has 1 saturated carbocycles. The summed E-state index contributed by atoms with van der Waals surface area (Å²) in [4.78, 5) is 13.9. The molecule has 1 saturated heterocycles. The summed E-state index contributed by atoms with van der Waals surface area (Å²) in [5.74, 6) is 0.869. The zero-order valence-electron chi connectivity index (χ0n) is 11.0. The van der Waals surface area contributed by atoms with Crippen molar-refractivity contribution in [3.63, 3.8) is 0 Å². The highest BCUT2D eigenvalue weighted by atomic mass is 16.6. The highest BCUT2D eigenvalue weighted by molar-refractivity contribution is 5.69. The highest BCUT2D eigenvalue weighted by Crippen LogP contribution is 2.43. The minimum Gasteiger partial charge on any atom is -0.444 e. The molecule has 0 radical (unpaired) electrons. The van der Waals surface area contributed by atoms with Gasteiger partial charge in [0.2, 0.25) is 0 Å². The molecule has 4 nitrogen and oxygen atoms in total. The van der Waals surface area contributed by atoms with E-state index in [9.17, 15) is 9.90 Å². The van der Waals surface area contributed by atoms with Gasteiger partial charge in [0.15, 0.2) is 0 Å². The van der Waals surface area contributed by atoms with Crippen LogP contribution in [0.15, 0.2) is 0 Å². The van der Waals surface area contributed by atoms with Gasteiger partial charge in [-0.25, -0.2) is 4.79 Å². The second kappa shape index (κ2) is 4.48. The summed E-state index contributed by atoms with van der Waals surface area (Å²) >= 11 is 0. The molecule has 17 heavy (non-hydrogen) atoms. The van der Waals surface area contributed by atoms with Gasteiger partial charge in [-0.3, -0.25) is 0 Å². The van der Waals surface area contributed by atoms with Gasteiger partial charge in [0.05, 0.1) is 0 Å². The fraction of sp³-hybridized carbons (Fsp3) is 0.923. The van der Waals surface area contributed by atoms with Crippen LogP contribution in [0.25, 0.3) is 0 Å². The molecule has 4 heteroatoms. The largest absolute Gasteiger partial charge is 0.444 e. The number of aliphatic hydroxyl groups is 1. The number of ether oxygens (including phenoxy) is 1. The minimum absolute atomic E-state index is 0.191. The first-order valence-electron chi connectivity index (χ1n) is 6.53. The Hall–Kier alpha value is -0.770. The Kier molecular flexibility index (Phi) is 3.34. The zero-order valence-corrected chi connectivity index (χ0v) is 11.0. The van der Waals surface area contributed by atoms with E-state index < -0.39 is 5.60 Å². The van der Waals surface area contributed by atoms with Crippen molar-refractivity contribution in [3.8, 4) is 0 Å². The number of aliphatic hydroxyl groups excluding tert-OH is 1. The maximum absolute atomic E-state index is 12.0. The molecule has 3 atom stereocenters. The molecule has 1 aliphatic heterocycles. The molecule has 2 rings (SSSR count). The number of likely N-dealkylation sites (tertiary alicyclic amines) is 1. The summed E-state index contributed by atoms with van der Waals surface area (Å²) in [5, 5.41) is 9.29. The van der Waals surface area contributed by atoms with Gasteiger partial charge < -0.3 is 14.7 Å². The summed E-state index contributed by atoms with van der Waals surface area (Å²) in [6, 6.07) is 0.302. The second-order valence-corrected chi connectivity index (χ2v) is 6.21. The molecule has 3 unspecified atom stereocenters. The van der Waals surface area contributed by atoms with Crippen molar-refractivity contribution >= 4 is 6.09 Å². The van der Waals surface area contributed by atoms with Crippen LogP contribution in [0.5, 0.6) is 0 Å². The van der Waals surface area contributed by atoms with E-state index >= 15 is 0 Å². The Labute approximate surface area is 103 Å². The van der Waals surface area contributed by atoms with Gasteiger partial charge in [0.1, 0.15) is 5.60 Å². The van der Waals surface area contributed by atoms with Gasteiger partial charge in [-0.1, -0.05) is 0 Å². The first-order chi connectivity index (χ1) is 7.92. The normalized spacial score (nSPS) is 32.7. The molecule has 1 N–H and O–H groups in total. The third-order valence-corrected chi connectivity index (χ3v) is 3.90. The first kappa shape index (κ1) is 12.7. The number of amides is 1. The van der Waals surface area contributed by atoms with Gasteiger partial charge in [-0.2, -0.15) is 0 Å². The van der Waals surface area contributed by atoms with Crippen molar-refractivity contribution in [2.24, 2.45) is 11.8 Å². The fourth-order valence-electron chi connectivity index (χ4n) is 2.90. The van der Waals surface area contributed by atoms with Crippen LogP contribution in [0.2, 0.25) is 0 Å². The maximum atomic E-state index is 12.0. The average Bonchev–Trinajstić information content (AvgIpc) is 2.15. The molecule has 1 amide bonds. The van der Waals surface area contributed by atoms with E-state index in [2.05, 4.69) is 0 Å². The molecule has 0 bridgehead atoms. The highest BCUT2D eigenvalue weighted by Gasteiger charge is 2.46. The molecule has 1 heterocycles. The van der Waals surface area contributed by atoms with Gasteiger partial charge in [0.25, 0.3) is 0 Å². The minimum atomic E-state index is -0.426. The number of carbonyl (C=O) groups is 1. The Bertz CT molecular complexity index is 298. The van der Waals surface area contributed by atoms with E-state index in [-0.39, 0.29) is 12.7 Å². The molecule has 2 fully saturated rings. The van der Waals surface area contributed by atoms with E-state index in [0.717, 1.165) is 25.8 Å². The van der Waals surface area contributed by atoms with Crippen LogP contribution >= 0.6 is 0 Å². The lowest BCUT2D eigenvalue weighted by molar-refractivity contribution is -0.0523. The molecule has 0 aromatic rings. The quantitative estimate of drug-likeness (QED) is 0.764. The van der Waals surface area contributed by atoms with E-state index in [1.54, 1.807) is 0 Å². The third kappa shape index (κ3) is 2.57. The number of nitrogens with zero attached hydrogens (tertiary/aromatic N) is 1. The van der Waals surface area contributed by atoms with E-state index in [4.69, 9.17) is 4.74 Å². The molecule has 0 aromatic heterocycles. The molecular weight excluding hydrogens is 218 g/mol. The van der Waals surface area contributed by atoms with Crippen LogP contribution < -0.4 is 0 Å². The van der Waals surface area contributed by atoms with E-state index in [1.165, 1.54) is 0 Å². The van der Waals surface area contributed by atoms with E-state index in [0.29, 0.717) is 17.9 Å². The van der Waals surface area contributed by atoms with Crippen LogP contribution in [0.1, 0.15) is 40.0 Å². The average molecular weight is 241 g/mol. The molecule has 2 aliphatic rings. The van der Waals surface area contributed by atoms with Crippen LogP contribution in [-0.4, -0.2) is 40.9 Å². The summed E-state index contributed by atoms with van der Waals surface area (Å²) in [6.45, 7) is 6.65. The number of fused-ring (bicyclic) bond motifs is 1. The maximum Gasteiger partial charge on any atom is 0.410 e. The van der Waals surface area contributed by atoms with Crippen LogP contribution in [-0.2, 0) is 4.74 Å². The van der Waals surface area contributed by atoms with Gasteiger partial charge >= 0.3 is 6.09 Å². The molecule has 0 spiro atoms. The lowest BCUT2D eigenvalue weighted by Gasteiger charge is -2.51. The molecular formula is C13H23NO3. The fourth-order valence-corrected chi connectivity index (χ4v) is 2.90.